The topological polar surface area (TPSA) is 135 Å². The number of allylic oxidation sites excluding steroid dienone is 1. The van der Waals surface area contributed by atoms with Crippen LogP contribution in [0.2, 0.25) is 5.02 Å². The third-order valence-corrected chi connectivity index (χ3v) is 10.2. The van der Waals surface area contributed by atoms with E-state index < -0.39 is 72.2 Å². The molecule has 49 heavy (non-hydrogen) atoms. The standard InChI is InChI=1S/C37H42ClN3O8/c1-22(2)27(20-42)41-33-35(45)40(25-16-14-24(38)15-17-25)19-9-18-37(33)31(34(41)44)30-28(49-37)12-7-8-13-29(43)39-26(21-47-3)32(48-36(30)46)23-10-5-4-6-11-23/h4-7,9-12,14-18,22,26-28,30-33,42H,8,13,19-21H2,1-3H3,(H,39,43)/b12-7-/t26-,27-,28-,30+,31+,32-,33-,37+/m0/s1. The van der Waals surface area contributed by atoms with Crippen LogP contribution in [0.25, 0.3) is 0 Å². The van der Waals surface area contributed by atoms with Gasteiger partial charge in [0.05, 0.1) is 37.3 Å². The molecular weight excluding hydrogens is 650 g/mol. The van der Waals surface area contributed by atoms with Crippen molar-refractivity contribution >= 4 is 41.0 Å². The number of aliphatic hydroxyl groups is 1. The summed E-state index contributed by atoms with van der Waals surface area (Å²) in [4.78, 5) is 60.2. The molecule has 8 atom stereocenters. The number of methoxy groups -OCH3 is 1. The molecule has 0 aromatic heterocycles. The first-order chi connectivity index (χ1) is 23.6. The number of hydrogen-bond acceptors (Lipinski definition) is 8. The lowest BCUT2D eigenvalue weighted by Gasteiger charge is -2.39. The van der Waals surface area contributed by atoms with Crippen LogP contribution in [0, 0.1) is 17.8 Å². The number of nitrogens with one attached hydrogen (secondary N) is 1. The summed E-state index contributed by atoms with van der Waals surface area (Å²) < 4.78 is 18.6. The minimum absolute atomic E-state index is 0.0610. The average Bonchev–Trinajstić information content (AvgIpc) is 3.47. The number of aliphatic hydroxyl groups excluding tert-OH is 1. The number of hydrogen-bond donors (Lipinski definition) is 2. The number of esters is 1. The Hall–Kier alpha value is -4.03. The van der Waals surface area contributed by atoms with Crippen molar-refractivity contribution in [2.24, 2.45) is 17.8 Å². The van der Waals surface area contributed by atoms with E-state index in [2.05, 4.69) is 5.32 Å². The van der Waals surface area contributed by atoms with Crippen LogP contribution in [0.15, 0.2) is 78.9 Å². The second kappa shape index (κ2) is 14.4. The van der Waals surface area contributed by atoms with E-state index in [1.165, 1.54) is 12.0 Å². The molecule has 4 aliphatic rings. The van der Waals surface area contributed by atoms with E-state index in [1.807, 2.05) is 32.0 Å². The van der Waals surface area contributed by atoms with E-state index in [-0.39, 0.29) is 31.4 Å². The van der Waals surface area contributed by atoms with Gasteiger partial charge in [-0.05, 0) is 42.2 Å². The van der Waals surface area contributed by atoms with Crippen molar-refractivity contribution in [3.8, 4) is 0 Å². The number of likely N-dealkylation sites (tertiary alicyclic amines) is 1. The number of benzene rings is 2. The molecule has 6 rings (SSSR count). The van der Waals surface area contributed by atoms with E-state index >= 15 is 0 Å². The number of carbonyl (C=O) groups is 4. The third-order valence-electron chi connectivity index (χ3n) is 9.95. The highest BCUT2D eigenvalue weighted by Crippen LogP contribution is 2.54. The van der Waals surface area contributed by atoms with Gasteiger partial charge in [-0.15, -0.1) is 0 Å². The van der Waals surface area contributed by atoms with Crippen LogP contribution in [0.3, 0.4) is 0 Å². The number of halogens is 1. The number of nitrogens with zero attached hydrogens (tertiary/aromatic N) is 2. The Morgan fingerprint density at radius 1 is 1.04 bits per heavy atom. The molecule has 0 aliphatic carbocycles. The largest absolute Gasteiger partial charge is 0.455 e. The van der Waals surface area contributed by atoms with Gasteiger partial charge >= 0.3 is 5.97 Å². The Morgan fingerprint density at radius 3 is 2.45 bits per heavy atom. The number of anilines is 1. The molecule has 12 heteroatoms. The van der Waals surface area contributed by atoms with Gasteiger partial charge in [-0.1, -0.05) is 80.1 Å². The molecular formula is C37H42ClN3O8. The molecule has 0 bridgehead atoms. The molecule has 2 saturated heterocycles. The summed E-state index contributed by atoms with van der Waals surface area (Å²) in [5.41, 5.74) is -0.344. The van der Waals surface area contributed by atoms with E-state index in [4.69, 9.17) is 25.8 Å². The van der Waals surface area contributed by atoms with Crippen molar-refractivity contribution in [1.82, 2.24) is 10.2 Å². The van der Waals surface area contributed by atoms with Gasteiger partial charge in [0.2, 0.25) is 11.8 Å². The molecule has 0 unspecified atom stereocenters. The van der Waals surface area contributed by atoms with Gasteiger partial charge in [0, 0.05) is 30.8 Å². The fourth-order valence-electron chi connectivity index (χ4n) is 7.66. The molecule has 2 aromatic carbocycles. The van der Waals surface area contributed by atoms with Gasteiger partial charge in [-0.2, -0.15) is 0 Å². The summed E-state index contributed by atoms with van der Waals surface area (Å²) in [5, 5.41) is 14.1. The number of carbonyl (C=O) groups excluding carboxylic acids is 4. The predicted octanol–water partition coefficient (Wildman–Crippen LogP) is 3.61. The molecule has 2 N–H and O–H groups in total. The fraction of sp³-hybridized carbons (Fsp3) is 0.459. The van der Waals surface area contributed by atoms with E-state index in [0.717, 1.165) is 0 Å². The maximum absolute atomic E-state index is 14.8. The number of ether oxygens (including phenoxy) is 3. The van der Waals surface area contributed by atoms with Crippen LogP contribution in [-0.2, 0) is 33.4 Å². The molecule has 0 radical (unpaired) electrons. The highest BCUT2D eigenvalue weighted by Gasteiger charge is 2.72. The summed E-state index contributed by atoms with van der Waals surface area (Å²) >= 11 is 6.16. The van der Waals surface area contributed by atoms with Crippen molar-refractivity contribution in [3.05, 3.63) is 89.5 Å². The Labute approximate surface area is 290 Å². The van der Waals surface area contributed by atoms with Crippen LogP contribution < -0.4 is 10.2 Å². The van der Waals surface area contributed by atoms with Crippen LogP contribution in [0.1, 0.15) is 38.4 Å². The minimum Gasteiger partial charge on any atom is -0.455 e. The predicted molar refractivity (Wildman–Crippen MR) is 181 cm³/mol. The van der Waals surface area contributed by atoms with E-state index in [0.29, 0.717) is 22.7 Å². The number of fused-ring (bicyclic) bond motifs is 2. The van der Waals surface area contributed by atoms with Crippen LogP contribution >= 0.6 is 11.6 Å². The highest BCUT2D eigenvalue weighted by molar-refractivity contribution is 6.30. The zero-order valence-corrected chi connectivity index (χ0v) is 28.5. The summed E-state index contributed by atoms with van der Waals surface area (Å²) in [5.74, 6) is -4.35. The lowest BCUT2D eigenvalue weighted by Crippen LogP contribution is -2.59. The molecule has 4 aliphatic heterocycles. The van der Waals surface area contributed by atoms with Gasteiger partial charge < -0.3 is 34.4 Å². The van der Waals surface area contributed by atoms with Crippen molar-refractivity contribution < 1.29 is 38.5 Å². The van der Waals surface area contributed by atoms with Crippen LogP contribution in [-0.4, -0.2) is 90.4 Å². The second-order valence-corrected chi connectivity index (χ2v) is 13.7. The van der Waals surface area contributed by atoms with Crippen molar-refractivity contribution in [1.29, 1.82) is 0 Å². The Bertz CT molecular complexity index is 1610. The zero-order chi connectivity index (χ0) is 34.9. The molecule has 0 saturated carbocycles. The summed E-state index contributed by atoms with van der Waals surface area (Å²) in [6.45, 7) is 3.59. The number of rotatable bonds is 7. The summed E-state index contributed by atoms with van der Waals surface area (Å²) in [6, 6.07) is 13.2. The van der Waals surface area contributed by atoms with Gasteiger partial charge in [-0.3, -0.25) is 19.2 Å². The number of cyclic esters (lactones) is 1. The smallest absolute Gasteiger partial charge is 0.313 e. The van der Waals surface area contributed by atoms with Gasteiger partial charge in [0.25, 0.3) is 5.91 Å². The summed E-state index contributed by atoms with van der Waals surface area (Å²) in [6.07, 6.45) is 5.59. The molecule has 2 fully saturated rings. The normalized spacial score (nSPS) is 31.6. The maximum Gasteiger partial charge on any atom is 0.313 e. The van der Waals surface area contributed by atoms with Crippen LogP contribution in [0.4, 0.5) is 5.69 Å². The van der Waals surface area contributed by atoms with E-state index in [9.17, 15) is 24.3 Å². The van der Waals surface area contributed by atoms with Crippen molar-refractivity contribution in [2.45, 2.75) is 62.6 Å². The second-order valence-electron chi connectivity index (χ2n) is 13.3. The van der Waals surface area contributed by atoms with Crippen LogP contribution in [0.5, 0.6) is 0 Å². The number of amides is 3. The summed E-state index contributed by atoms with van der Waals surface area (Å²) in [7, 11) is 1.50. The molecule has 1 spiro atoms. The first kappa shape index (κ1) is 34.8. The monoisotopic (exact) mass is 691 g/mol. The van der Waals surface area contributed by atoms with Crippen molar-refractivity contribution in [2.75, 3.05) is 31.8 Å². The zero-order valence-electron chi connectivity index (χ0n) is 27.7. The Kier molecular flexibility index (Phi) is 10.3. The van der Waals surface area contributed by atoms with Crippen molar-refractivity contribution in [3.63, 3.8) is 0 Å². The molecule has 4 heterocycles. The first-order valence-electron chi connectivity index (χ1n) is 16.7. The Balaban J connectivity index is 1.48. The first-order valence-corrected chi connectivity index (χ1v) is 17.0. The maximum atomic E-state index is 14.8. The lowest BCUT2D eigenvalue weighted by atomic mass is 9.77. The third kappa shape index (κ3) is 6.40. The fourth-order valence-corrected chi connectivity index (χ4v) is 7.79. The molecule has 3 amide bonds. The van der Waals surface area contributed by atoms with Gasteiger partial charge in [-0.25, -0.2) is 0 Å². The average molecular weight is 692 g/mol. The molecule has 2 aromatic rings. The van der Waals surface area contributed by atoms with Gasteiger partial charge in [0.1, 0.15) is 23.7 Å². The molecule has 260 valence electrons. The highest BCUT2D eigenvalue weighted by atomic mass is 35.5. The van der Waals surface area contributed by atoms with Gasteiger partial charge in [0.15, 0.2) is 0 Å². The molecule has 11 nitrogen and oxygen atoms in total. The minimum atomic E-state index is -1.56. The lowest BCUT2D eigenvalue weighted by molar-refractivity contribution is -0.163. The Morgan fingerprint density at radius 2 is 1.78 bits per heavy atom. The van der Waals surface area contributed by atoms with E-state index in [1.54, 1.807) is 65.6 Å². The SMILES string of the molecule is COC[C@@H]1NC(=O)CC/C=C\[C@@H]2O[C@@]34C=CCN(c5ccc(Cl)cc5)C(=O)[C@@H]3N([C@@H](CO)C(C)C)C(=O)[C@H]4[C@@H]2C(=O)O[C@H]1c1ccccc1. The quantitative estimate of drug-likeness (QED) is 0.332.